The lowest BCUT2D eigenvalue weighted by Crippen LogP contribution is -2.36. The smallest absolute Gasteiger partial charge is 0.0906 e. The van der Waals surface area contributed by atoms with Gasteiger partial charge in [-0.2, -0.15) is 0 Å². The lowest BCUT2D eigenvalue weighted by molar-refractivity contribution is -0.00777. The number of nitrogens with zero attached hydrogens (tertiary/aromatic N) is 1. The summed E-state index contributed by atoms with van der Waals surface area (Å²) >= 11 is 0. The molecular weight excluding hydrogens is 186 g/mol. The second-order valence-corrected chi connectivity index (χ2v) is 4.68. The molecule has 1 N–H and O–H groups in total. The highest BCUT2D eigenvalue weighted by Gasteiger charge is 2.30. The Labute approximate surface area is 92.5 Å². The summed E-state index contributed by atoms with van der Waals surface area (Å²) in [5.41, 5.74) is 0.227. The van der Waals surface area contributed by atoms with Crippen LogP contribution in [0.4, 0.5) is 0 Å². The first-order valence-corrected chi connectivity index (χ1v) is 5.37. The highest BCUT2D eigenvalue weighted by molar-refractivity contribution is 5.22. The number of hydrogen-bond donors (Lipinski definition) is 1. The predicted octanol–water partition coefficient (Wildman–Crippen LogP) is 2.09. The average molecular weight is 207 g/mol. The van der Waals surface area contributed by atoms with E-state index in [1.165, 1.54) is 0 Å². The minimum absolute atomic E-state index is 0.204. The van der Waals surface area contributed by atoms with Crippen molar-refractivity contribution in [1.29, 1.82) is 0 Å². The molecule has 0 amide bonds. The van der Waals surface area contributed by atoms with E-state index in [1.807, 2.05) is 51.4 Å². The molecule has 0 saturated carbocycles. The molecule has 1 rings (SSSR count). The van der Waals surface area contributed by atoms with E-state index in [0.717, 1.165) is 12.1 Å². The van der Waals surface area contributed by atoms with Crippen LogP contribution in [0.1, 0.15) is 19.4 Å². The summed E-state index contributed by atoms with van der Waals surface area (Å²) in [4.78, 5) is 2.10. The SMILES string of the molecule is C[C@H](CN(C)C)[C@@](C)(O)c1ccccc1. The molecule has 0 aliphatic heterocycles. The van der Waals surface area contributed by atoms with Gasteiger partial charge < -0.3 is 10.0 Å². The lowest BCUT2D eigenvalue weighted by atomic mass is 9.84. The maximum Gasteiger partial charge on any atom is 0.0906 e. The molecule has 2 nitrogen and oxygen atoms in total. The monoisotopic (exact) mass is 207 g/mol. The van der Waals surface area contributed by atoms with Gasteiger partial charge in [0.05, 0.1) is 5.60 Å². The van der Waals surface area contributed by atoms with E-state index in [1.54, 1.807) is 0 Å². The van der Waals surface area contributed by atoms with Crippen LogP contribution in [-0.4, -0.2) is 30.6 Å². The van der Waals surface area contributed by atoms with Gasteiger partial charge in [0.2, 0.25) is 0 Å². The van der Waals surface area contributed by atoms with Crippen LogP contribution in [0.25, 0.3) is 0 Å². The number of benzene rings is 1. The molecular formula is C13H21NO. The fraction of sp³-hybridized carbons (Fsp3) is 0.538. The minimum Gasteiger partial charge on any atom is -0.385 e. The summed E-state index contributed by atoms with van der Waals surface area (Å²) in [6.45, 7) is 4.84. The van der Waals surface area contributed by atoms with E-state index in [2.05, 4.69) is 11.8 Å². The van der Waals surface area contributed by atoms with Crippen LogP contribution in [0.2, 0.25) is 0 Å². The molecule has 15 heavy (non-hydrogen) atoms. The first-order valence-electron chi connectivity index (χ1n) is 5.37. The fourth-order valence-corrected chi connectivity index (χ4v) is 1.79. The van der Waals surface area contributed by atoms with Crippen LogP contribution in [0.3, 0.4) is 0 Å². The van der Waals surface area contributed by atoms with Gasteiger partial charge in [-0.15, -0.1) is 0 Å². The van der Waals surface area contributed by atoms with E-state index in [4.69, 9.17) is 0 Å². The van der Waals surface area contributed by atoms with Crippen molar-refractivity contribution in [1.82, 2.24) is 4.90 Å². The Kier molecular flexibility index (Phi) is 3.89. The number of hydrogen-bond acceptors (Lipinski definition) is 2. The second-order valence-electron chi connectivity index (χ2n) is 4.68. The number of rotatable bonds is 4. The third-order valence-electron chi connectivity index (χ3n) is 2.96. The molecule has 84 valence electrons. The molecule has 0 heterocycles. The van der Waals surface area contributed by atoms with Crippen LogP contribution >= 0.6 is 0 Å². The summed E-state index contributed by atoms with van der Waals surface area (Å²) in [6, 6.07) is 9.85. The summed E-state index contributed by atoms with van der Waals surface area (Å²) in [7, 11) is 4.05. The van der Waals surface area contributed by atoms with E-state index >= 15 is 0 Å². The Balaban J connectivity index is 2.82. The molecule has 0 aromatic heterocycles. The van der Waals surface area contributed by atoms with Gasteiger partial charge >= 0.3 is 0 Å². The molecule has 0 unspecified atom stereocenters. The molecule has 1 aromatic carbocycles. The maximum atomic E-state index is 10.5. The molecule has 2 atom stereocenters. The van der Waals surface area contributed by atoms with Crippen molar-refractivity contribution < 1.29 is 5.11 Å². The zero-order chi connectivity index (χ0) is 11.5. The Morgan fingerprint density at radius 1 is 1.27 bits per heavy atom. The third-order valence-corrected chi connectivity index (χ3v) is 2.96. The quantitative estimate of drug-likeness (QED) is 0.817. The van der Waals surface area contributed by atoms with Gasteiger partial charge in [0.15, 0.2) is 0 Å². The summed E-state index contributed by atoms with van der Waals surface area (Å²) in [6.07, 6.45) is 0. The predicted molar refractivity (Wildman–Crippen MR) is 63.7 cm³/mol. The van der Waals surface area contributed by atoms with Crippen molar-refractivity contribution in [2.75, 3.05) is 20.6 Å². The zero-order valence-corrected chi connectivity index (χ0v) is 10.1. The van der Waals surface area contributed by atoms with Crippen molar-refractivity contribution >= 4 is 0 Å². The molecule has 2 heteroatoms. The Morgan fingerprint density at radius 3 is 2.27 bits per heavy atom. The normalized spacial score (nSPS) is 17.5. The molecule has 0 fully saturated rings. The van der Waals surface area contributed by atoms with Gasteiger partial charge in [-0.1, -0.05) is 37.3 Å². The standard InChI is InChI=1S/C13H21NO/c1-11(10-14(3)4)13(2,15)12-8-6-5-7-9-12/h5-9,11,15H,10H2,1-4H3/t11-,13-/m1/s1. The van der Waals surface area contributed by atoms with Crippen molar-refractivity contribution in [3.8, 4) is 0 Å². The van der Waals surface area contributed by atoms with Crippen molar-refractivity contribution in [2.24, 2.45) is 5.92 Å². The first-order chi connectivity index (χ1) is 6.94. The number of aliphatic hydroxyl groups is 1. The average Bonchev–Trinajstić information content (AvgIpc) is 2.18. The van der Waals surface area contributed by atoms with Crippen molar-refractivity contribution in [3.63, 3.8) is 0 Å². The lowest BCUT2D eigenvalue weighted by Gasteiger charge is -2.32. The molecule has 0 radical (unpaired) electrons. The van der Waals surface area contributed by atoms with Gasteiger partial charge in [-0.05, 0) is 26.6 Å². The first kappa shape index (κ1) is 12.2. The molecule has 0 aliphatic rings. The topological polar surface area (TPSA) is 23.5 Å². The van der Waals surface area contributed by atoms with Gasteiger partial charge in [0.25, 0.3) is 0 Å². The highest BCUT2D eigenvalue weighted by Crippen LogP contribution is 2.29. The fourth-order valence-electron chi connectivity index (χ4n) is 1.79. The van der Waals surface area contributed by atoms with Gasteiger partial charge in [0.1, 0.15) is 0 Å². The van der Waals surface area contributed by atoms with Crippen LogP contribution in [0.5, 0.6) is 0 Å². The van der Waals surface area contributed by atoms with Gasteiger partial charge in [-0.25, -0.2) is 0 Å². The largest absolute Gasteiger partial charge is 0.385 e. The van der Waals surface area contributed by atoms with E-state index in [0.29, 0.717) is 0 Å². The summed E-state index contributed by atoms with van der Waals surface area (Å²) in [5, 5.41) is 10.5. The highest BCUT2D eigenvalue weighted by atomic mass is 16.3. The Morgan fingerprint density at radius 2 is 1.80 bits per heavy atom. The molecule has 0 spiro atoms. The van der Waals surface area contributed by atoms with Crippen LogP contribution in [0.15, 0.2) is 30.3 Å². The van der Waals surface area contributed by atoms with Gasteiger partial charge in [0, 0.05) is 12.5 Å². The Hall–Kier alpha value is -0.860. The molecule has 0 bridgehead atoms. The molecule has 0 aliphatic carbocycles. The van der Waals surface area contributed by atoms with E-state index in [9.17, 15) is 5.11 Å². The van der Waals surface area contributed by atoms with E-state index in [-0.39, 0.29) is 5.92 Å². The Bertz CT molecular complexity index is 293. The van der Waals surface area contributed by atoms with Crippen molar-refractivity contribution in [3.05, 3.63) is 35.9 Å². The molecule has 1 aromatic rings. The van der Waals surface area contributed by atoms with Crippen LogP contribution in [0, 0.1) is 5.92 Å². The van der Waals surface area contributed by atoms with Crippen LogP contribution < -0.4 is 0 Å². The minimum atomic E-state index is -0.758. The van der Waals surface area contributed by atoms with E-state index < -0.39 is 5.60 Å². The summed E-state index contributed by atoms with van der Waals surface area (Å²) in [5.74, 6) is 0.204. The van der Waals surface area contributed by atoms with Gasteiger partial charge in [-0.3, -0.25) is 0 Å². The second kappa shape index (κ2) is 4.77. The maximum absolute atomic E-state index is 10.5. The summed E-state index contributed by atoms with van der Waals surface area (Å²) < 4.78 is 0. The zero-order valence-electron chi connectivity index (χ0n) is 10.1. The van der Waals surface area contributed by atoms with Crippen LogP contribution in [-0.2, 0) is 5.60 Å². The van der Waals surface area contributed by atoms with Crippen molar-refractivity contribution in [2.45, 2.75) is 19.4 Å². The molecule has 0 saturated heterocycles. The third kappa shape index (κ3) is 3.05.